The molecular weight excluding hydrogens is 404 g/mol. The van der Waals surface area contributed by atoms with Gasteiger partial charge in [0.15, 0.2) is 0 Å². The minimum Gasteiger partial charge on any atom is -0.319 e. The molecule has 3 aromatic carbocycles. The van der Waals surface area contributed by atoms with Crippen molar-refractivity contribution in [2.24, 2.45) is 0 Å². The number of nitrogens with one attached hydrogen (secondary N) is 1. The van der Waals surface area contributed by atoms with Crippen molar-refractivity contribution in [1.82, 2.24) is 9.78 Å². The molecule has 0 spiro atoms. The zero-order valence-electron chi connectivity index (χ0n) is 16.9. The van der Waals surface area contributed by atoms with Crippen LogP contribution in [0.15, 0.2) is 91.3 Å². The van der Waals surface area contributed by atoms with Crippen LogP contribution in [0.25, 0.3) is 0 Å². The molecule has 1 aromatic heterocycles. The Morgan fingerprint density at radius 1 is 0.844 bits per heavy atom. The molecule has 7 nitrogen and oxygen atoms in total. The lowest BCUT2D eigenvalue weighted by Gasteiger charge is -2.15. The molecule has 4 aromatic rings. The number of amides is 3. The zero-order valence-corrected chi connectivity index (χ0v) is 16.9. The maximum atomic E-state index is 12.8. The van der Waals surface area contributed by atoms with Crippen LogP contribution >= 0.6 is 0 Å². The number of anilines is 2. The Balaban J connectivity index is 1.33. The third-order valence-electron chi connectivity index (χ3n) is 5.24. The summed E-state index contributed by atoms with van der Waals surface area (Å²) >= 11 is 0. The van der Waals surface area contributed by atoms with E-state index in [1.54, 1.807) is 59.5 Å². The van der Waals surface area contributed by atoms with Crippen LogP contribution in [0.1, 0.15) is 36.6 Å². The number of fused-ring (bicyclic) bond motifs is 1. The fourth-order valence-corrected chi connectivity index (χ4v) is 3.70. The second-order valence-electron chi connectivity index (χ2n) is 7.41. The van der Waals surface area contributed by atoms with Crippen molar-refractivity contribution in [3.8, 4) is 0 Å². The summed E-state index contributed by atoms with van der Waals surface area (Å²) in [5, 5.41) is 7.10. The van der Waals surface area contributed by atoms with Crippen LogP contribution in [0.4, 0.5) is 11.4 Å². The Morgan fingerprint density at radius 2 is 1.53 bits per heavy atom. The molecule has 3 amide bonds. The van der Waals surface area contributed by atoms with E-state index in [0.29, 0.717) is 34.6 Å². The number of rotatable bonds is 5. The van der Waals surface area contributed by atoms with Crippen LogP contribution < -0.4 is 10.2 Å². The predicted octanol–water partition coefficient (Wildman–Crippen LogP) is 3.98. The Morgan fingerprint density at radius 3 is 2.25 bits per heavy atom. The molecule has 0 radical (unpaired) electrons. The molecule has 1 aliphatic heterocycles. The van der Waals surface area contributed by atoms with Gasteiger partial charge in [-0.2, -0.15) is 5.10 Å². The molecule has 0 saturated carbocycles. The molecule has 156 valence electrons. The number of nitrogens with zero attached hydrogens (tertiary/aromatic N) is 3. The highest BCUT2D eigenvalue weighted by Crippen LogP contribution is 2.28. The van der Waals surface area contributed by atoms with Gasteiger partial charge >= 0.3 is 0 Å². The molecule has 1 aliphatic rings. The largest absolute Gasteiger partial charge is 0.319 e. The summed E-state index contributed by atoms with van der Waals surface area (Å²) in [5.74, 6) is -1.15. The normalized spacial score (nSPS) is 12.7. The second kappa shape index (κ2) is 7.96. The van der Waals surface area contributed by atoms with Crippen molar-refractivity contribution in [3.05, 3.63) is 114 Å². The first-order valence-electron chi connectivity index (χ1n) is 10.1. The highest BCUT2D eigenvalue weighted by atomic mass is 16.2. The summed E-state index contributed by atoms with van der Waals surface area (Å²) in [6, 6.07) is 23.0. The lowest BCUT2D eigenvalue weighted by Crippen LogP contribution is -2.29. The van der Waals surface area contributed by atoms with Gasteiger partial charge in [-0.15, -0.1) is 0 Å². The number of benzene rings is 3. The highest BCUT2D eigenvalue weighted by Gasteiger charge is 2.36. The molecule has 1 N–H and O–H groups in total. The van der Waals surface area contributed by atoms with Gasteiger partial charge in [0.2, 0.25) is 0 Å². The van der Waals surface area contributed by atoms with Crippen LogP contribution in [0, 0.1) is 0 Å². The second-order valence-corrected chi connectivity index (χ2v) is 7.41. The summed E-state index contributed by atoms with van der Waals surface area (Å²) in [7, 11) is 0. The lowest BCUT2D eigenvalue weighted by molar-refractivity contribution is 0.0924. The molecule has 0 bridgehead atoms. The number of hydrogen-bond acceptors (Lipinski definition) is 4. The Bertz CT molecular complexity index is 1310. The molecule has 5 rings (SSSR count). The average molecular weight is 422 g/mol. The van der Waals surface area contributed by atoms with Crippen LogP contribution in [0.3, 0.4) is 0 Å². The Hall–Kier alpha value is -4.52. The molecule has 0 fully saturated rings. The molecule has 0 aliphatic carbocycles. The van der Waals surface area contributed by atoms with E-state index in [-0.39, 0.29) is 5.91 Å². The van der Waals surface area contributed by atoms with Gasteiger partial charge in [-0.25, -0.2) is 4.90 Å². The average Bonchev–Trinajstić information content (AvgIpc) is 3.36. The van der Waals surface area contributed by atoms with E-state index in [0.717, 1.165) is 10.5 Å². The van der Waals surface area contributed by atoms with Gasteiger partial charge in [-0.05, 0) is 35.9 Å². The van der Waals surface area contributed by atoms with Crippen LogP contribution in [-0.4, -0.2) is 27.5 Å². The lowest BCUT2D eigenvalue weighted by atomic mass is 10.1. The predicted molar refractivity (Wildman–Crippen MR) is 120 cm³/mol. The van der Waals surface area contributed by atoms with Crippen molar-refractivity contribution in [2.45, 2.75) is 6.54 Å². The third-order valence-corrected chi connectivity index (χ3v) is 5.24. The van der Waals surface area contributed by atoms with Crippen LogP contribution in [-0.2, 0) is 6.54 Å². The van der Waals surface area contributed by atoms with Crippen LogP contribution in [0.2, 0.25) is 0 Å². The van der Waals surface area contributed by atoms with E-state index >= 15 is 0 Å². The van der Waals surface area contributed by atoms with Crippen molar-refractivity contribution in [1.29, 1.82) is 0 Å². The van der Waals surface area contributed by atoms with E-state index in [9.17, 15) is 14.4 Å². The first-order chi connectivity index (χ1) is 15.6. The number of imide groups is 1. The first kappa shape index (κ1) is 19.4. The van der Waals surface area contributed by atoms with E-state index in [1.807, 2.05) is 30.3 Å². The summed E-state index contributed by atoms with van der Waals surface area (Å²) in [4.78, 5) is 39.3. The third kappa shape index (κ3) is 3.56. The molecule has 0 unspecified atom stereocenters. The number of aromatic nitrogens is 2. The molecule has 2 heterocycles. The smallest absolute Gasteiger partial charge is 0.266 e. The first-order valence-corrected chi connectivity index (χ1v) is 10.1. The van der Waals surface area contributed by atoms with Gasteiger partial charge in [0, 0.05) is 11.8 Å². The Labute approximate surface area is 183 Å². The molecular formula is C25H18N4O3. The summed E-state index contributed by atoms with van der Waals surface area (Å²) < 4.78 is 1.74. The van der Waals surface area contributed by atoms with Gasteiger partial charge in [0.05, 0.1) is 35.2 Å². The van der Waals surface area contributed by atoms with Crippen molar-refractivity contribution < 1.29 is 14.4 Å². The maximum absolute atomic E-state index is 12.8. The number of carbonyl (C=O) groups excluding carboxylic acids is 3. The van der Waals surface area contributed by atoms with Gasteiger partial charge in [0.25, 0.3) is 17.7 Å². The monoisotopic (exact) mass is 422 g/mol. The minimum absolute atomic E-state index is 0.329. The minimum atomic E-state index is -0.398. The van der Waals surface area contributed by atoms with Gasteiger partial charge < -0.3 is 5.32 Å². The van der Waals surface area contributed by atoms with Gasteiger partial charge in [-0.3, -0.25) is 19.1 Å². The molecule has 0 atom stereocenters. The van der Waals surface area contributed by atoms with Gasteiger partial charge in [-0.1, -0.05) is 48.5 Å². The van der Waals surface area contributed by atoms with E-state index < -0.39 is 11.8 Å². The fourth-order valence-electron chi connectivity index (χ4n) is 3.70. The van der Waals surface area contributed by atoms with Crippen LogP contribution in [0.5, 0.6) is 0 Å². The van der Waals surface area contributed by atoms with E-state index in [1.165, 1.54) is 6.07 Å². The van der Waals surface area contributed by atoms with Crippen molar-refractivity contribution in [2.75, 3.05) is 10.2 Å². The van der Waals surface area contributed by atoms with E-state index in [2.05, 4.69) is 10.4 Å². The molecule has 0 saturated heterocycles. The van der Waals surface area contributed by atoms with E-state index in [4.69, 9.17) is 0 Å². The zero-order chi connectivity index (χ0) is 22.1. The summed E-state index contributed by atoms with van der Waals surface area (Å²) in [6.45, 7) is 0.589. The highest BCUT2D eigenvalue weighted by molar-refractivity contribution is 6.34. The van der Waals surface area contributed by atoms with Crippen molar-refractivity contribution >= 4 is 29.1 Å². The van der Waals surface area contributed by atoms with Crippen molar-refractivity contribution in [3.63, 3.8) is 0 Å². The SMILES string of the molecule is O=C(Nc1cnn(Cc2ccccc2)c1)c1cccc(N2C(=O)c3ccccc3C2=O)c1. The summed E-state index contributed by atoms with van der Waals surface area (Å²) in [5.41, 5.74) is 3.05. The topological polar surface area (TPSA) is 84.3 Å². The number of carbonyl (C=O) groups is 3. The molecule has 7 heteroatoms. The quantitative estimate of drug-likeness (QED) is 0.493. The Kier molecular flexibility index (Phi) is 4.84. The molecule has 32 heavy (non-hydrogen) atoms. The maximum Gasteiger partial charge on any atom is 0.266 e. The fraction of sp³-hybridized carbons (Fsp3) is 0.0400. The van der Waals surface area contributed by atoms with Gasteiger partial charge in [0.1, 0.15) is 0 Å². The summed E-state index contributed by atoms with van der Waals surface area (Å²) in [6.07, 6.45) is 3.33. The standard InChI is InChI=1S/C25H18N4O3/c30-23(27-19-14-26-28(16-19)15-17-7-2-1-3-8-17)18-9-6-10-20(13-18)29-24(31)21-11-4-5-12-22(21)25(29)32/h1-14,16H,15H2,(H,27,30). The number of hydrogen-bond donors (Lipinski definition) is 1.